The Balaban J connectivity index is 1.09. The highest BCUT2D eigenvalue weighted by Crippen LogP contribution is 2.53. The highest BCUT2D eigenvalue weighted by molar-refractivity contribution is 6.13. The molecule has 13 nitrogen and oxygen atoms in total. The molecule has 1 saturated heterocycles. The molecule has 5 aromatic rings. The third-order valence-electron chi connectivity index (χ3n) is 12.2. The monoisotopic (exact) mass is 776 g/mol. The third-order valence-corrected chi connectivity index (χ3v) is 12.2. The van der Waals surface area contributed by atoms with Gasteiger partial charge in [-0.2, -0.15) is 0 Å². The number of allylic oxidation sites excluding steroid dienone is 1. The van der Waals surface area contributed by atoms with Gasteiger partial charge in [-0.05, 0) is 59.6 Å². The fourth-order valence-electron chi connectivity index (χ4n) is 9.21. The van der Waals surface area contributed by atoms with E-state index in [4.69, 9.17) is 18.9 Å². The number of para-hydroxylation sites is 1. The zero-order valence-corrected chi connectivity index (χ0v) is 31.3. The molecule has 1 aromatic heterocycles. The van der Waals surface area contributed by atoms with E-state index in [2.05, 4.69) is 11.1 Å². The smallest absolute Gasteiger partial charge is 0.254 e. The number of carbonyl (C=O) groups is 2. The second-order valence-electron chi connectivity index (χ2n) is 15.5. The first-order valence-corrected chi connectivity index (χ1v) is 19.2. The van der Waals surface area contributed by atoms with Crippen molar-refractivity contribution in [2.75, 3.05) is 26.9 Å². The highest BCUT2D eigenvalue weighted by atomic mass is 16.7. The molecule has 1 saturated carbocycles. The number of aliphatic hydroxyl groups excluding tert-OH is 3. The van der Waals surface area contributed by atoms with Crippen molar-refractivity contribution in [2.45, 2.75) is 68.5 Å². The first kappa shape index (κ1) is 37.3. The van der Waals surface area contributed by atoms with Gasteiger partial charge in [-0.1, -0.05) is 55.0 Å². The number of hydrogen-bond donors (Lipinski definition) is 6. The van der Waals surface area contributed by atoms with E-state index >= 15 is 0 Å². The maximum atomic E-state index is 14.6. The Morgan fingerprint density at radius 1 is 1.07 bits per heavy atom. The van der Waals surface area contributed by atoms with Gasteiger partial charge in [0, 0.05) is 46.2 Å². The van der Waals surface area contributed by atoms with Crippen LogP contribution in [0.4, 0.5) is 0 Å². The van der Waals surface area contributed by atoms with Crippen LogP contribution in [0, 0.1) is 5.92 Å². The second kappa shape index (κ2) is 14.6. The molecule has 2 aliphatic heterocycles. The van der Waals surface area contributed by atoms with E-state index < -0.39 is 42.6 Å². The molecular weight excluding hydrogens is 732 g/mol. The highest BCUT2D eigenvalue weighted by Gasteiger charge is 2.56. The van der Waals surface area contributed by atoms with Crippen molar-refractivity contribution < 1.29 is 54.1 Å². The molecule has 2 aliphatic carbocycles. The van der Waals surface area contributed by atoms with Crippen molar-refractivity contribution in [3.63, 3.8) is 0 Å². The average molecular weight is 777 g/mol. The van der Waals surface area contributed by atoms with Crippen LogP contribution < -0.4 is 9.47 Å². The fourth-order valence-corrected chi connectivity index (χ4v) is 9.21. The van der Waals surface area contributed by atoms with E-state index in [0.29, 0.717) is 27.8 Å². The van der Waals surface area contributed by atoms with Gasteiger partial charge in [0.2, 0.25) is 6.29 Å². The van der Waals surface area contributed by atoms with Crippen LogP contribution in [0.15, 0.2) is 72.9 Å². The molecular formula is C44H44N2O11. The molecule has 2 fully saturated rings. The number of nitrogens with zero attached hydrogens (tertiary/aromatic N) is 1. The number of aromatic hydroxyl groups is 1. The Morgan fingerprint density at radius 2 is 1.88 bits per heavy atom. The Bertz CT molecular complexity index is 2420. The third kappa shape index (κ3) is 6.17. The minimum Gasteiger partial charge on any atom is -0.506 e. The first-order valence-electron chi connectivity index (χ1n) is 19.2. The largest absolute Gasteiger partial charge is 0.506 e. The molecule has 9 rings (SSSR count). The minimum atomic E-state index is -2.53. The number of H-pyrrole nitrogens is 1. The van der Waals surface area contributed by atoms with Gasteiger partial charge in [0.25, 0.3) is 5.91 Å². The number of benzene rings is 4. The van der Waals surface area contributed by atoms with E-state index in [1.165, 1.54) is 18.1 Å². The number of ether oxygens (including phenoxy) is 4. The number of phenols is 1. The summed E-state index contributed by atoms with van der Waals surface area (Å²) < 4.78 is 24.1. The molecule has 4 aliphatic rings. The number of phenolic OH excluding ortho intramolecular Hbond substituents is 1. The number of amides is 1. The van der Waals surface area contributed by atoms with E-state index in [1.54, 1.807) is 18.2 Å². The lowest BCUT2D eigenvalue weighted by atomic mass is 9.76. The predicted molar refractivity (Wildman–Crippen MR) is 208 cm³/mol. The van der Waals surface area contributed by atoms with E-state index in [9.17, 15) is 35.1 Å². The van der Waals surface area contributed by atoms with E-state index in [-0.39, 0.29) is 66.5 Å². The Morgan fingerprint density at radius 3 is 2.68 bits per heavy atom. The van der Waals surface area contributed by atoms with Crippen LogP contribution in [0.1, 0.15) is 68.2 Å². The van der Waals surface area contributed by atoms with Crippen LogP contribution in [-0.4, -0.2) is 104 Å². The summed E-state index contributed by atoms with van der Waals surface area (Å²) in [6.45, 7) is -1.16. The predicted octanol–water partition coefficient (Wildman–Crippen LogP) is 4.55. The number of aliphatic hydroxyl groups is 4. The first-order chi connectivity index (χ1) is 27.6. The average Bonchev–Trinajstić information content (AvgIpc) is 3.96. The van der Waals surface area contributed by atoms with Crippen molar-refractivity contribution >= 4 is 39.4 Å². The van der Waals surface area contributed by atoms with Crippen LogP contribution in [0.25, 0.3) is 27.8 Å². The summed E-state index contributed by atoms with van der Waals surface area (Å²) in [6.07, 6.45) is 1.92. The molecule has 13 heteroatoms. The van der Waals surface area contributed by atoms with Crippen molar-refractivity contribution in [1.29, 1.82) is 0 Å². The summed E-state index contributed by atoms with van der Waals surface area (Å²) in [5.74, 6) is -0.728. The van der Waals surface area contributed by atoms with E-state index in [0.717, 1.165) is 41.3 Å². The molecule has 0 spiro atoms. The second-order valence-corrected chi connectivity index (χ2v) is 15.5. The molecule has 0 bridgehead atoms. The normalized spacial score (nSPS) is 26.5. The standard InChI is InChI=1S/C44H44N2O11/c1-54-26-15-31-30-14-13-23-8-6-11-28(23)36(30)38(33(48)19-46-18-24-7-2-3-10-29(24)42(46)52)40(50)37(31)34(16-26)56-43-44(53,22-47)41(51)39(49)35(57-43)21-55-20-25-17-45-32-12-5-4-9-27(25)32/h2-5,7,9-10,12-17,23,28,35,39,41,43,45,47,49-51,53H,6,8,11,18-22H2,1H3/t23-,28-,35-,39-,41+,43+,44-/m1/s1. The topological polar surface area (TPSA) is 191 Å². The zero-order chi connectivity index (χ0) is 39.6. The SMILES string of the molecule is COc1cc(O[C@H]2O[C@H](COCc3c[nH]c4ccccc34)[C@@H](O)[C@H](O)[C@]2(O)CO)c2c(O)c(C(=O)CN3Cc4ccccc4C3=O)c3c(c2c1)C=C[C@H]1CCC[C@@H]31. The Hall–Kier alpha value is -5.28. The fraction of sp³-hybridized carbons (Fsp3) is 0.364. The lowest BCUT2D eigenvalue weighted by Crippen LogP contribution is -2.69. The summed E-state index contributed by atoms with van der Waals surface area (Å²) in [5.41, 5.74) is 2.08. The van der Waals surface area contributed by atoms with Gasteiger partial charge in [0.15, 0.2) is 11.4 Å². The molecule has 1 amide bonds. The van der Waals surface area contributed by atoms with Gasteiger partial charge in [0.05, 0.1) is 44.4 Å². The Labute approximate surface area is 327 Å². The molecule has 57 heavy (non-hydrogen) atoms. The number of nitrogens with one attached hydrogen (secondary N) is 1. The van der Waals surface area contributed by atoms with Gasteiger partial charge in [-0.25, -0.2) is 0 Å². The molecule has 0 unspecified atom stereocenters. The van der Waals surface area contributed by atoms with Crippen LogP contribution in [-0.2, 0) is 22.6 Å². The maximum absolute atomic E-state index is 14.6. The van der Waals surface area contributed by atoms with Gasteiger partial charge < -0.3 is 54.4 Å². The summed E-state index contributed by atoms with van der Waals surface area (Å²) in [5, 5.41) is 58.4. The molecule has 7 atom stereocenters. The van der Waals surface area contributed by atoms with Gasteiger partial charge in [0.1, 0.15) is 35.6 Å². The number of aromatic nitrogens is 1. The number of Topliss-reactive ketones (excluding diaryl/α,β-unsaturated/α-hetero) is 1. The van der Waals surface area contributed by atoms with Crippen LogP contribution in [0.3, 0.4) is 0 Å². The molecule has 4 aromatic carbocycles. The number of carbonyl (C=O) groups excluding carboxylic acids is 2. The molecule has 3 heterocycles. The number of methoxy groups -OCH3 is 1. The number of ketones is 1. The molecule has 6 N–H and O–H groups in total. The van der Waals surface area contributed by atoms with Crippen molar-refractivity contribution in [2.24, 2.45) is 5.92 Å². The van der Waals surface area contributed by atoms with Crippen LogP contribution in [0.2, 0.25) is 0 Å². The Kier molecular flexibility index (Phi) is 9.55. The zero-order valence-electron chi connectivity index (χ0n) is 31.3. The van der Waals surface area contributed by atoms with Crippen molar-refractivity contribution in [3.05, 3.63) is 106 Å². The summed E-state index contributed by atoms with van der Waals surface area (Å²) in [4.78, 5) is 32.6. The minimum absolute atomic E-state index is 0.0518. The number of aromatic amines is 1. The summed E-state index contributed by atoms with van der Waals surface area (Å²) >= 11 is 0. The molecule has 0 radical (unpaired) electrons. The van der Waals surface area contributed by atoms with Crippen molar-refractivity contribution in [3.8, 4) is 17.2 Å². The van der Waals surface area contributed by atoms with Gasteiger partial charge in [-0.15, -0.1) is 0 Å². The lowest BCUT2D eigenvalue weighted by Gasteiger charge is -2.47. The summed E-state index contributed by atoms with van der Waals surface area (Å²) in [7, 11) is 1.46. The molecule has 296 valence electrons. The van der Waals surface area contributed by atoms with Crippen LogP contribution >= 0.6 is 0 Å². The van der Waals surface area contributed by atoms with E-state index in [1.807, 2.05) is 48.7 Å². The number of rotatable bonds is 11. The van der Waals surface area contributed by atoms with Gasteiger partial charge in [-0.3, -0.25) is 9.59 Å². The van der Waals surface area contributed by atoms with Crippen LogP contribution in [0.5, 0.6) is 17.2 Å². The number of fused-ring (bicyclic) bond motifs is 7. The number of hydrogen-bond acceptors (Lipinski definition) is 11. The van der Waals surface area contributed by atoms with Crippen molar-refractivity contribution in [1.82, 2.24) is 9.88 Å². The quantitative estimate of drug-likeness (QED) is 0.103. The maximum Gasteiger partial charge on any atom is 0.254 e. The van der Waals surface area contributed by atoms with Gasteiger partial charge >= 0.3 is 0 Å². The lowest BCUT2D eigenvalue weighted by molar-refractivity contribution is -0.329. The summed E-state index contributed by atoms with van der Waals surface area (Å²) in [6, 6.07) is 18.1.